The van der Waals surface area contributed by atoms with E-state index in [0.717, 1.165) is 31.8 Å². The first-order valence-electron chi connectivity index (χ1n) is 16.8. The highest BCUT2D eigenvalue weighted by Gasteiger charge is 2.14. The molecule has 9 heteroatoms. The van der Waals surface area contributed by atoms with Crippen molar-refractivity contribution in [3.05, 3.63) is 35.9 Å². The van der Waals surface area contributed by atoms with Gasteiger partial charge in [-0.15, -0.1) is 12.3 Å². The van der Waals surface area contributed by atoms with Crippen LogP contribution in [0.5, 0.6) is 0 Å². The smallest absolute Gasteiger partial charge is 0.223 e. The molecule has 0 radical (unpaired) electrons. The molecule has 2 amide bonds. The number of aliphatic hydroxyl groups is 1. The van der Waals surface area contributed by atoms with Crippen LogP contribution in [-0.4, -0.2) is 74.0 Å². The van der Waals surface area contributed by atoms with Crippen molar-refractivity contribution < 1.29 is 23.1 Å². The molecule has 0 bridgehead atoms. The fourth-order valence-electron chi connectivity index (χ4n) is 4.30. The minimum atomic E-state index is -3.13. The third-order valence-electron chi connectivity index (χ3n) is 7.57. The van der Waals surface area contributed by atoms with Crippen LogP contribution in [0.4, 0.5) is 0 Å². The molecule has 2 rings (SSSR count). The van der Waals surface area contributed by atoms with Gasteiger partial charge in [0.15, 0.2) is 9.84 Å². The molecule has 0 unspecified atom stereocenters. The minimum absolute atomic E-state index is 0.0819. The zero-order chi connectivity index (χ0) is 34.7. The van der Waals surface area contributed by atoms with Crippen LogP contribution in [-0.2, 0) is 19.4 Å². The summed E-state index contributed by atoms with van der Waals surface area (Å²) in [4.78, 5) is 23.9. The molecule has 0 spiro atoms. The number of nitrogens with one attached hydrogen (secondary N) is 1. The van der Waals surface area contributed by atoms with Gasteiger partial charge in [0.1, 0.15) is 0 Å². The lowest BCUT2D eigenvalue weighted by Gasteiger charge is -2.17. The Morgan fingerprint density at radius 3 is 2.02 bits per heavy atom. The molecule has 1 fully saturated rings. The van der Waals surface area contributed by atoms with Crippen molar-refractivity contribution in [3.63, 3.8) is 0 Å². The summed E-state index contributed by atoms with van der Waals surface area (Å²) in [5, 5.41) is 12.3. The third-order valence-corrected chi connectivity index (χ3v) is 9.20. The number of carbonyl (C=O) groups is 2. The van der Waals surface area contributed by atoms with Crippen molar-refractivity contribution in [1.82, 2.24) is 10.2 Å². The number of sulfone groups is 1. The molecular weight excluding hydrogens is 586 g/mol. The fraction of sp³-hybridized carbons (Fsp3) is 0.722. The molecule has 0 heterocycles. The third kappa shape index (κ3) is 30.0. The quantitative estimate of drug-likeness (QED) is 0.207. The maximum atomic E-state index is 11.5. The molecule has 1 saturated carbocycles. The van der Waals surface area contributed by atoms with E-state index in [1.807, 2.05) is 36.9 Å². The lowest BCUT2D eigenvalue weighted by Crippen LogP contribution is -2.35. The molecular formula is C36H65N3O5S. The molecule has 0 saturated heterocycles. The summed E-state index contributed by atoms with van der Waals surface area (Å²) in [5.41, 5.74) is 6.22. The number of aliphatic hydroxyl groups excluding tert-OH is 1. The SMILES string of the molecule is C#CC[C@H](C)C(=O)NC[C@@H](O)CCC(C)C.CC1CCCCC1.CCN(CC)CCS(=O)(=O)CCC(N)=O.Cc1ccccc1. The summed E-state index contributed by atoms with van der Waals surface area (Å²) in [6.45, 7) is 16.9. The predicted molar refractivity (Wildman–Crippen MR) is 189 cm³/mol. The predicted octanol–water partition coefficient (Wildman–Crippen LogP) is 5.76. The lowest BCUT2D eigenvalue weighted by atomic mass is 9.91. The Kier molecular flexibility index (Phi) is 27.7. The second kappa shape index (κ2) is 27.9. The first-order chi connectivity index (χ1) is 21.2. The number of hydrogen-bond donors (Lipinski definition) is 3. The van der Waals surface area contributed by atoms with E-state index >= 15 is 0 Å². The van der Waals surface area contributed by atoms with Crippen molar-refractivity contribution >= 4 is 21.7 Å². The number of hydrogen-bond acceptors (Lipinski definition) is 6. The fourth-order valence-corrected chi connectivity index (χ4v) is 5.55. The second-order valence-electron chi connectivity index (χ2n) is 12.5. The van der Waals surface area contributed by atoms with Crippen LogP contribution >= 0.6 is 0 Å². The number of nitrogens with zero attached hydrogens (tertiary/aromatic N) is 1. The van der Waals surface area contributed by atoms with Gasteiger partial charge in [-0.3, -0.25) is 9.59 Å². The van der Waals surface area contributed by atoms with Crippen LogP contribution < -0.4 is 11.1 Å². The van der Waals surface area contributed by atoms with Crippen LogP contribution in [0, 0.1) is 37.0 Å². The molecule has 260 valence electrons. The molecule has 1 aromatic rings. The van der Waals surface area contributed by atoms with Crippen LogP contribution in [0.3, 0.4) is 0 Å². The number of amides is 2. The zero-order valence-electron chi connectivity index (χ0n) is 29.4. The van der Waals surface area contributed by atoms with Crippen molar-refractivity contribution in [1.29, 1.82) is 0 Å². The van der Waals surface area contributed by atoms with E-state index in [1.54, 1.807) is 6.92 Å². The Morgan fingerprint density at radius 1 is 1.04 bits per heavy atom. The molecule has 4 N–H and O–H groups in total. The average Bonchev–Trinajstić information content (AvgIpc) is 3.00. The second-order valence-corrected chi connectivity index (χ2v) is 14.8. The summed E-state index contributed by atoms with van der Waals surface area (Å²) >= 11 is 0. The van der Waals surface area contributed by atoms with Gasteiger partial charge in [-0.1, -0.05) is 110 Å². The molecule has 0 aliphatic heterocycles. The maximum absolute atomic E-state index is 11.5. The summed E-state index contributed by atoms with van der Waals surface area (Å²) in [6.07, 6.45) is 14.2. The van der Waals surface area contributed by atoms with Crippen LogP contribution in [0.25, 0.3) is 0 Å². The Bertz CT molecular complexity index is 1010. The van der Waals surface area contributed by atoms with E-state index in [1.165, 1.54) is 37.7 Å². The number of nitrogens with two attached hydrogens (primary N) is 1. The molecule has 8 nitrogen and oxygen atoms in total. The summed E-state index contributed by atoms with van der Waals surface area (Å²) in [5.74, 6) is 3.20. The largest absolute Gasteiger partial charge is 0.391 e. The van der Waals surface area contributed by atoms with Gasteiger partial charge in [-0.05, 0) is 44.7 Å². The number of terminal acetylenes is 1. The van der Waals surface area contributed by atoms with Gasteiger partial charge in [-0.2, -0.15) is 0 Å². The van der Waals surface area contributed by atoms with Gasteiger partial charge in [0.25, 0.3) is 0 Å². The topological polar surface area (TPSA) is 130 Å². The molecule has 1 aliphatic carbocycles. The minimum Gasteiger partial charge on any atom is -0.391 e. The summed E-state index contributed by atoms with van der Waals surface area (Å²) in [6, 6.07) is 10.3. The normalized spacial score (nSPS) is 14.3. The zero-order valence-corrected chi connectivity index (χ0v) is 30.2. The first-order valence-corrected chi connectivity index (χ1v) is 18.6. The van der Waals surface area contributed by atoms with Crippen molar-refractivity contribution in [3.8, 4) is 12.3 Å². The lowest BCUT2D eigenvalue weighted by molar-refractivity contribution is -0.124. The van der Waals surface area contributed by atoms with Crippen LogP contribution in [0.15, 0.2) is 30.3 Å². The van der Waals surface area contributed by atoms with Gasteiger partial charge in [0.05, 0.1) is 17.6 Å². The highest BCUT2D eigenvalue weighted by molar-refractivity contribution is 7.91. The Balaban J connectivity index is 0. The van der Waals surface area contributed by atoms with Crippen molar-refractivity contribution in [2.75, 3.05) is 37.7 Å². The number of rotatable bonds is 15. The highest BCUT2D eigenvalue weighted by atomic mass is 32.2. The Hall–Kier alpha value is -2.41. The summed E-state index contributed by atoms with van der Waals surface area (Å²) < 4.78 is 22.9. The van der Waals surface area contributed by atoms with E-state index in [4.69, 9.17) is 12.2 Å². The van der Waals surface area contributed by atoms with Gasteiger partial charge in [-0.25, -0.2) is 8.42 Å². The van der Waals surface area contributed by atoms with Crippen molar-refractivity contribution in [2.45, 2.75) is 112 Å². The molecule has 1 aliphatic rings. The molecule has 0 aromatic heterocycles. The van der Waals surface area contributed by atoms with Crippen LogP contribution in [0.1, 0.15) is 105 Å². The van der Waals surface area contributed by atoms with E-state index in [-0.39, 0.29) is 29.8 Å². The number of aryl methyl sites for hydroxylation is 1. The average molecular weight is 652 g/mol. The van der Waals surface area contributed by atoms with Crippen molar-refractivity contribution in [2.24, 2.45) is 23.5 Å². The molecule has 45 heavy (non-hydrogen) atoms. The van der Waals surface area contributed by atoms with Crippen LogP contribution in [0.2, 0.25) is 0 Å². The number of benzene rings is 1. The van der Waals surface area contributed by atoms with E-state index < -0.39 is 21.8 Å². The summed E-state index contributed by atoms with van der Waals surface area (Å²) in [7, 11) is -3.13. The van der Waals surface area contributed by atoms with Gasteiger partial charge >= 0.3 is 0 Å². The maximum Gasteiger partial charge on any atom is 0.223 e. The first kappa shape index (κ1) is 44.7. The van der Waals surface area contributed by atoms with E-state index in [0.29, 0.717) is 25.4 Å². The monoisotopic (exact) mass is 651 g/mol. The van der Waals surface area contributed by atoms with Gasteiger partial charge < -0.3 is 21.1 Å². The number of primary amides is 1. The highest BCUT2D eigenvalue weighted by Crippen LogP contribution is 2.22. The van der Waals surface area contributed by atoms with E-state index in [9.17, 15) is 23.1 Å². The molecule has 2 atom stereocenters. The van der Waals surface area contributed by atoms with Gasteiger partial charge in [0, 0.05) is 31.8 Å². The molecule has 1 aromatic carbocycles. The Labute approximate surface area is 276 Å². The van der Waals surface area contributed by atoms with E-state index in [2.05, 4.69) is 51.1 Å². The standard InChI is InChI=1S/C13H23NO2.C9H20N2O3S.C7H14.C7H8/c1-5-6-11(4)13(16)14-9-12(15)8-7-10(2)3;1-3-11(4-2)6-8-15(13,14)7-5-9(10)12;2*1-7-5-3-2-4-6-7/h1,10-12,15H,6-9H2,2-4H3,(H,14,16);3-8H2,1-2H3,(H2,10,12);7H,2-6H2,1H3;2-6H,1H3/t11-,12-;;;/m0.../s1. The number of carbonyl (C=O) groups excluding carboxylic acids is 2. The Morgan fingerprint density at radius 2 is 1.62 bits per heavy atom. The van der Waals surface area contributed by atoms with Gasteiger partial charge in [0.2, 0.25) is 11.8 Å².